The van der Waals surface area contributed by atoms with Crippen LogP contribution in [0.5, 0.6) is 5.75 Å². The number of aromatic nitrogens is 1. The number of benzene rings is 1. The Kier molecular flexibility index (Phi) is 4.69. The van der Waals surface area contributed by atoms with Crippen LogP contribution in [0.25, 0.3) is 0 Å². The number of rotatable bonds is 5. The van der Waals surface area contributed by atoms with Gasteiger partial charge in [-0.1, -0.05) is 12.0 Å². The van der Waals surface area contributed by atoms with Crippen LogP contribution in [0.2, 0.25) is 0 Å². The molecule has 0 radical (unpaired) electrons. The van der Waals surface area contributed by atoms with Crippen molar-refractivity contribution in [3.63, 3.8) is 0 Å². The molecule has 0 bridgehead atoms. The summed E-state index contributed by atoms with van der Waals surface area (Å²) in [6.45, 7) is 0.169. The Balaban J connectivity index is 2.19. The van der Waals surface area contributed by atoms with Crippen molar-refractivity contribution in [3.05, 3.63) is 59.9 Å². The Hall–Kier alpha value is -3.11. The average Bonchev–Trinajstić information content (AvgIpc) is 2.55. The molecule has 1 heterocycles. The number of hydrogen-bond acceptors (Lipinski definition) is 4. The maximum Gasteiger partial charge on any atom is 0.186 e. The molecule has 1 aromatic carbocycles. The quantitative estimate of drug-likeness (QED) is 0.622. The summed E-state index contributed by atoms with van der Waals surface area (Å²) in [5, 5.41) is 9.22. The number of nitriles is 1. The molecule has 1 aromatic heterocycles. The number of carbonyl (C=O) groups is 1. The van der Waals surface area contributed by atoms with Gasteiger partial charge in [0.05, 0.1) is 11.8 Å². The normalized spacial score (nSPS) is 11.0. The van der Waals surface area contributed by atoms with Crippen LogP contribution in [0.1, 0.15) is 22.0 Å². The first-order valence-electron chi connectivity index (χ1n) is 6.27. The van der Waals surface area contributed by atoms with Gasteiger partial charge in [0.2, 0.25) is 0 Å². The Morgan fingerprint density at radius 1 is 1.29 bits per heavy atom. The van der Waals surface area contributed by atoms with Crippen molar-refractivity contribution in [2.45, 2.75) is 5.92 Å². The molecular formula is C17H12N2O2. The van der Waals surface area contributed by atoms with Crippen LogP contribution >= 0.6 is 0 Å². The van der Waals surface area contributed by atoms with E-state index in [4.69, 9.17) is 11.2 Å². The monoisotopic (exact) mass is 276 g/mol. The molecule has 21 heavy (non-hydrogen) atoms. The zero-order valence-corrected chi connectivity index (χ0v) is 11.2. The van der Waals surface area contributed by atoms with Gasteiger partial charge >= 0.3 is 0 Å². The predicted octanol–water partition coefficient (Wildman–Crippen LogP) is 2.58. The van der Waals surface area contributed by atoms with Crippen molar-refractivity contribution >= 4 is 5.78 Å². The van der Waals surface area contributed by atoms with Gasteiger partial charge in [-0.3, -0.25) is 9.78 Å². The van der Waals surface area contributed by atoms with Gasteiger partial charge in [-0.05, 0) is 36.4 Å². The van der Waals surface area contributed by atoms with Crippen LogP contribution in [0.15, 0.2) is 48.7 Å². The van der Waals surface area contributed by atoms with Crippen molar-refractivity contribution in [2.24, 2.45) is 0 Å². The average molecular weight is 276 g/mol. The van der Waals surface area contributed by atoms with Crippen molar-refractivity contribution < 1.29 is 9.53 Å². The molecule has 2 aromatic rings. The van der Waals surface area contributed by atoms with Gasteiger partial charge in [0.15, 0.2) is 11.7 Å². The maximum absolute atomic E-state index is 12.4. The second-order valence-corrected chi connectivity index (χ2v) is 4.20. The minimum Gasteiger partial charge on any atom is -0.481 e. The molecule has 0 N–H and O–H groups in total. The summed E-state index contributed by atoms with van der Waals surface area (Å²) in [7, 11) is 0. The Morgan fingerprint density at radius 2 is 2.05 bits per heavy atom. The number of pyridine rings is 1. The summed E-state index contributed by atoms with van der Waals surface area (Å²) in [4.78, 5) is 16.4. The number of ketones is 1. The molecule has 0 saturated heterocycles. The Morgan fingerprint density at radius 3 is 2.62 bits per heavy atom. The van der Waals surface area contributed by atoms with Crippen LogP contribution in [0.4, 0.5) is 0 Å². The summed E-state index contributed by atoms with van der Waals surface area (Å²) < 4.78 is 5.24. The summed E-state index contributed by atoms with van der Waals surface area (Å²) in [6.07, 6.45) is 6.66. The van der Waals surface area contributed by atoms with Crippen LogP contribution in [-0.4, -0.2) is 17.4 Å². The van der Waals surface area contributed by atoms with E-state index in [2.05, 4.69) is 10.9 Å². The molecular weight excluding hydrogens is 264 g/mol. The lowest BCUT2D eigenvalue weighted by molar-refractivity contribution is 0.0977. The first-order valence-corrected chi connectivity index (χ1v) is 6.27. The fraction of sp³-hybridized carbons (Fsp3) is 0.118. The molecule has 1 atom stereocenters. The van der Waals surface area contributed by atoms with Crippen LogP contribution in [0, 0.1) is 23.7 Å². The van der Waals surface area contributed by atoms with Crippen LogP contribution in [-0.2, 0) is 0 Å². The van der Waals surface area contributed by atoms with E-state index in [9.17, 15) is 10.1 Å². The second-order valence-electron chi connectivity index (χ2n) is 4.20. The predicted molar refractivity (Wildman–Crippen MR) is 77.7 cm³/mol. The van der Waals surface area contributed by atoms with E-state index >= 15 is 0 Å². The lowest BCUT2D eigenvalue weighted by Crippen LogP contribution is -2.12. The lowest BCUT2D eigenvalue weighted by atomic mass is 9.95. The third-order valence-corrected chi connectivity index (χ3v) is 2.84. The fourth-order valence-electron chi connectivity index (χ4n) is 1.81. The lowest BCUT2D eigenvalue weighted by Gasteiger charge is -2.08. The topological polar surface area (TPSA) is 63.0 Å². The first kappa shape index (κ1) is 14.3. The summed E-state index contributed by atoms with van der Waals surface area (Å²) in [5.74, 6) is 1.74. The van der Waals surface area contributed by atoms with Crippen molar-refractivity contribution in [1.29, 1.82) is 5.26 Å². The third-order valence-electron chi connectivity index (χ3n) is 2.84. The molecule has 1 unspecified atom stereocenters. The maximum atomic E-state index is 12.4. The molecule has 0 amide bonds. The smallest absolute Gasteiger partial charge is 0.186 e. The largest absolute Gasteiger partial charge is 0.481 e. The molecule has 2 rings (SSSR count). The first-order chi connectivity index (χ1) is 10.3. The number of ether oxygens (including phenoxy) is 1. The van der Waals surface area contributed by atoms with E-state index in [0.717, 1.165) is 0 Å². The van der Waals surface area contributed by atoms with Crippen molar-refractivity contribution in [1.82, 2.24) is 4.98 Å². The summed E-state index contributed by atoms with van der Waals surface area (Å²) >= 11 is 0. The highest BCUT2D eigenvalue weighted by atomic mass is 16.5. The van der Waals surface area contributed by atoms with Crippen molar-refractivity contribution in [3.8, 4) is 24.2 Å². The summed E-state index contributed by atoms with van der Waals surface area (Å²) in [6, 6.07) is 13.7. The number of nitrogens with zero attached hydrogens (tertiary/aromatic N) is 2. The zero-order chi connectivity index (χ0) is 15.1. The van der Waals surface area contributed by atoms with E-state index in [0.29, 0.717) is 17.0 Å². The minimum absolute atomic E-state index is 0.169. The van der Waals surface area contributed by atoms with E-state index < -0.39 is 5.92 Å². The van der Waals surface area contributed by atoms with E-state index in [1.165, 1.54) is 0 Å². The highest BCUT2D eigenvalue weighted by Crippen LogP contribution is 2.20. The number of terminal acetylenes is 1. The van der Waals surface area contributed by atoms with E-state index in [1.54, 1.807) is 48.7 Å². The highest BCUT2D eigenvalue weighted by molar-refractivity contribution is 6.02. The molecule has 0 saturated carbocycles. The van der Waals surface area contributed by atoms with Gasteiger partial charge < -0.3 is 4.74 Å². The Bertz CT molecular complexity index is 694. The van der Waals surface area contributed by atoms with E-state index in [1.807, 2.05) is 6.07 Å². The Labute approximate surface area is 123 Å². The van der Waals surface area contributed by atoms with Gasteiger partial charge in [-0.2, -0.15) is 5.26 Å². The SMILES string of the molecule is C#CCOc1ccc(C(=O)C(C#N)c2ccccn2)cc1. The van der Waals surface area contributed by atoms with E-state index in [-0.39, 0.29) is 12.4 Å². The molecule has 0 aliphatic heterocycles. The molecule has 4 heteroatoms. The van der Waals surface area contributed by atoms with Crippen LogP contribution < -0.4 is 4.74 Å². The zero-order valence-electron chi connectivity index (χ0n) is 11.2. The van der Waals surface area contributed by atoms with Gasteiger partial charge in [0.25, 0.3) is 0 Å². The second kappa shape index (κ2) is 6.88. The molecule has 0 aliphatic carbocycles. The fourth-order valence-corrected chi connectivity index (χ4v) is 1.81. The minimum atomic E-state index is -0.913. The number of Topliss-reactive ketones (excluding diaryl/α,β-unsaturated/α-hetero) is 1. The summed E-state index contributed by atoms with van der Waals surface area (Å²) in [5.41, 5.74) is 0.873. The van der Waals surface area contributed by atoms with Gasteiger partial charge in [-0.15, -0.1) is 6.42 Å². The van der Waals surface area contributed by atoms with Gasteiger partial charge in [-0.25, -0.2) is 0 Å². The molecule has 0 fully saturated rings. The van der Waals surface area contributed by atoms with Gasteiger partial charge in [0, 0.05) is 11.8 Å². The molecule has 0 spiro atoms. The molecule has 102 valence electrons. The number of hydrogen-bond donors (Lipinski definition) is 0. The van der Waals surface area contributed by atoms with Crippen molar-refractivity contribution in [2.75, 3.05) is 6.61 Å². The third kappa shape index (κ3) is 3.46. The van der Waals surface area contributed by atoms with Gasteiger partial charge in [0.1, 0.15) is 12.4 Å². The molecule has 4 nitrogen and oxygen atoms in total. The van der Waals surface area contributed by atoms with Crippen LogP contribution in [0.3, 0.4) is 0 Å². The molecule has 0 aliphatic rings. The number of carbonyl (C=O) groups excluding carboxylic acids is 1. The standard InChI is InChI=1S/C17H12N2O2/c1-2-11-21-14-8-6-13(7-9-14)17(20)15(12-18)16-5-3-4-10-19-16/h1,3-10,15H,11H2. The highest BCUT2D eigenvalue weighted by Gasteiger charge is 2.22.